The lowest BCUT2D eigenvalue weighted by Crippen LogP contribution is -2.29. The van der Waals surface area contributed by atoms with Gasteiger partial charge in [0, 0.05) is 19.2 Å². The van der Waals surface area contributed by atoms with E-state index in [9.17, 15) is 4.79 Å². The molecule has 0 aliphatic carbocycles. The van der Waals surface area contributed by atoms with E-state index in [4.69, 9.17) is 17.0 Å². The number of carbonyl (C=O) groups excluding carboxylic acids is 1. The first-order chi connectivity index (χ1) is 9.06. The van der Waals surface area contributed by atoms with E-state index in [-0.39, 0.29) is 5.91 Å². The van der Waals surface area contributed by atoms with E-state index in [0.29, 0.717) is 22.2 Å². The predicted molar refractivity (Wildman–Crippen MR) is 81.8 cm³/mol. The molecule has 0 fully saturated rings. The monoisotopic (exact) mass is 281 g/mol. The highest BCUT2D eigenvalue weighted by atomic mass is 32.1. The quantitative estimate of drug-likeness (QED) is 0.723. The van der Waals surface area contributed by atoms with Crippen molar-refractivity contribution in [2.45, 2.75) is 20.3 Å². The third kappa shape index (κ3) is 5.13. The number of ether oxygens (including phenoxy) is 1. The summed E-state index contributed by atoms with van der Waals surface area (Å²) >= 11 is 5.17. The van der Waals surface area contributed by atoms with Crippen LogP contribution in [0.25, 0.3) is 0 Å². The van der Waals surface area contributed by atoms with Crippen LogP contribution in [-0.2, 0) is 4.79 Å². The average molecular weight is 281 g/mol. The summed E-state index contributed by atoms with van der Waals surface area (Å²) in [7, 11) is 1.58. The summed E-state index contributed by atoms with van der Waals surface area (Å²) in [6.07, 6.45) is 0.991. The number of anilines is 2. The van der Waals surface area contributed by atoms with Crippen molar-refractivity contribution in [1.82, 2.24) is 5.32 Å². The maximum absolute atomic E-state index is 11.0. The first-order valence-electron chi connectivity index (χ1n) is 6.07. The van der Waals surface area contributed by atoms with Gasteiger partial charge in [0.15, 0.2) is 5.11 Å². The van der Waals surface area contributed by atoms with Gasteiger partial charge in [-0.1, -0.05) is 6.92 Å². The summed E-state index contributed by atoms with van der Waals surface area (Å²) in [5.74, 6) is 0.539. The molecule has 0 aliphatic heterocycles. The van der Waals surface area contributed by atoms with Crippen LogP contribution in [-0.4, -0.2) is 24.7 Å². The van der Waals surface area contributed by atoms with Crippen molar-refractivity contribution in [3.8, 4) is 5.75 Å². The van der Waals surface area contributed by atoms with Gasteiger partial charge in [-0.3, -0.25) is 4.79 Å². The van der Waals surface area contributed by atoms with E-state index in [1.807, 2.05) is 0 Å². The summed E-state index contributed by atoms with van der Waals surface area (Å²) in [4.78, 5) is 11.0. The van der Waals surface area contributed by atoms with Gasteiger partial charge >= 0.3 is 0 Å². The maximum Gasteiger partial charge on any atom is 0.221 e. The van der Waals surface area contributed by atoms with Crippen molar-refractivity contribution in [3.05, 3.63) is 18.2 Å². The molecular formula is C13H19N3O2S. The number of carbonyl (C=O) groups is 1. The molecule has 1 rings (SSSR count). The number of benzene rings is 1. The van der Waals surface area contributed by atoms with Crippen LogP contribution in [0.5, 0.6) is 5.75 Å². The van der Waals surface area contributed by atoms with Crippen molar-refractivity contribution in [2.75, 3.05) is 24.3 Å². The van der Waals surface area contributed by atoms with Gasteiger partial charge in [0.05, 0.1) is 12.8 Å². The summed E-state index contributed by atoms with van der Waals surface area (Å²) in [5.41, 5.74) is 1.40. The Morgan fingerprint density at radius 1 is 1.37 bits per heavy atom. The third-order valence-electron chi connectivity index (χ3n) is 2.30. The molecule has 0 aliphatic rings. The molecule has 5 nitrogen and oxygen atoms in total. The van der Waals surface area contributed by atoms with E-state index < -0.39 is 0 Å². The summed E-state index contributed by atoms with van der Waals surface area (Å²) < 4.78 is 5.25. The minimum Gasteiger partial charge on any atom is -0.495 e. The van der Waals surface area contributed by atoms with E-state index >= 15 is 0 Å². The van der Waals surface area contributed by atoms with Crippen molar-refractivity contribution in [2.24, 2.45) is 0 Å². The fourth-order valence-electron chi connectivity index (χ4n) is 1.49. The number of methoxy groups -OCH3 is 1. The molecule has 3 N–H and O–H groups in total. The Hall–Kier alpha value is -1.82. The lowest BCUT2D eigenvalue weighted by Gasteiger charge is -2.14. The smallest absolute Gasteiger partial charge is 0.221 e. The van der Waals surface area contributed by atoms with Crippen LogP contribution in [0.4, 0.5) is 11.4 Å². The fourth-order valence-corrected chi connectivity index (χ4v) is 1.70. The van der Waals surface area contributed by atoms with Crippen molar-refractivity contribution in [1.29, 1.82) is 0 Å². The molecule has 104 valence electrons. The van der Waals surface area contributed by atoms with Gasteiger partial charge < -0.3 is 20.7 Å². The van der Waals surface area contributed by atoms with Crippen molar-refractivity contribution in [3.63, 3.8) is 0 Å². The van der Waals surface area contributed by atoms with Crippen LogP contribution in [0, 0.1) is 0 Å². The van der Waals surface area contributed by atoms with E-state index in [1.165, 1.54) is 6.92 Å². The molecule has 0 radical (unpaired) electrons. The Bertz CT molecular complexity index is 463. The number of thiocarbonyl (C=S) groups is 1. The largest absolute Gasteiger partial charge is 0.495 e. The number of hydrogen-bond donors (Lipinski definition) is 3. The van der Waals surface area contributed by atoms with E-state index in [1.54, 1.807) is 25.3 Å². The van der Waals surface area contributed by atoms with Crippen LogP contribution < -0.4 is 20.7 Å². The summed E-state index contributed by atoms with van der Waals surface area (Å²) in [6.45, 7) is 4.33. The second-order valence-corrected chi connectivity index (χ2v) is 4.39. The number of rotatable bonds is 5. The Kier molecular flexibility index (Phi) is 6.08. The summed E-state index contributed by atoms with van der Waals surface area (Å²) in [6, 6.07) is 5.32. The van der Waals surface area contributed by atoms with Crippen LogP contribution in [0.15, 0.2) is 18.2 Å². The highest BCUT2D eigenvalue weighted by Crippen LogP contribution is 2.27. The topological polar surface area (TPSA) is 62.4 Å². The number of nitrogens with one attached hydrogen (secondary N) is 3. The highest BCUT2D eigenvalue weighted by molar-refractivity contribution is 7.80. The molecule has 0 heterocycles. The van der Waals surface area contributed by atoms with Gasteiger partial charge in [0.2, 0.25) is 5.91 Å². The molecule has 19 heavy (non-hydrogen) atoms. The molecule has 0 bridgehead atoms. The van der Waals surface area contributed by atoms with Gasteiger partial charge in [0.25, 0.3) is 0 Å². The molecular weight excluding hydrogens is 262 g/mol. The van der Waals surface area contributed by atoms with Gasteiger partial charge in [-0.05, 0) is 36.8 Å². The van der Waals surface area contributed by atoms with Crippen LogP contribution >= 0.6 is 12.2 Å². The molecule has 1 amide bonds. The van der Waals surface area contributed by atoms with Crippen molar-refractivity contribution < 1.29 is 9.53 Å². The zero-order valence-corrected chi connectivity index (χ0v) is 12.2. The van der Waals surface area contributed by atoms with Gasteiger partial charge in [-0.25, -0.2) is 0 Å². The minimum atomic E-state index is -0.122. The maximum atomic E-state index is 11.0. The van der Waals surface area contributed by atoms with Crippen molar-refractivity contribution >= 4 is 34.6 Å². The zero-order chi connectivity index (χ0) is 14.3. The minimum absolute atomic E-state index is 0.122. The summed E-state index contributed by atoms with van der Waals surface area (Å²) in [5, 5.41) is 9.37. The lowest BCUT2D eigenvalue weighted by molar-refractivity contribution is -0.114. The molecule has 0 unspecified atom stereocenters. The normalized spacial score (nSPS) is 9.63. The van der Waals surface area contributed by atoms with Crippen LogP contribution in [0.3, 0.4) is 0 Å². The van der Waals surface area contributed by atoms with Gasteiger partial charge in [0.1, 0.15) is 5.75 Å². The van der Waals surface area contributed by atoms with Crippen LogP contribution in [0.1, 0.15) is 20.3 Å². The molecule has 0 aromatic heterocycles. The standard InChI is InChI=1S/C13H19N3O2S/c1-4-7-14-13(19)16-11-8-10(15-9(2)17)5-6-12(11)18-3/h5-6,8H,4,7H2,1-3H3,(H,15,17)(H2,14,16,19). The fraction of sp³-hybridized carbons (Fsp3) is 0.385. The number of amides is 1. The molecule has 0 saturated heterocycles. The zero-order valence-electron chi connectivity index (χ0n) is 11.4. The first-order valence-corrected chi connectivity index (χ1v) is 6.48. The van der Waals surface area contributed by atoms with E-state index in [2.05, 4.69) is 22.9 Å². The Morgan fingerprint density at radius 3 is 2.68 bits per heavy atom. The SMILES string of the molecule is CCCNC(=S)Nc1cc(NC(C)=O)ccc1OC. The highest BCUT2D eigenvalue weighted by Gasteiger charge is 2.07. The van der Waals surface area contributed by atoms with Crippen LogP contribution in [0.2, 0.25) is 0 Å². The lowest BCUT2D eigenvalue weighted by atomic mass is 10.2. The Balaban J connectivity index is 2.83. The third-order valence-corrected chi connectivity index (χ3v) is 2.55. The molecule has 0 spiro atoms. The molecule has 1 aromatic rings. The van der Waals surface area contributed by atoms with Gasteiger partial charge in [-0.2, -0.15) is 0 Å². The average Bonchev–Trinajstić information content (AvgIpc) is 2.36. The number of hydrogen-bond acceptors (Lipinski definition) is 3. The first kappa shape index (κ1) is 15.2. The second kappa shape index (κ2) is 7.58. The molecule has 6 heteroatoms. The van der Waals surface area contributed by atoms with E-state index in [0.717, 1.165) is 13.0 Å². The predicted octanol–water partition coefficient (Wildman–Crippen LogP) is 2.35. The second-order valence-electron chi connectivity index (χ2n) is 3.98. The molecule has 0 atom stereocenters. The Labute approximate surface area is 118 Å². The van der Waals surface area contributed by atoms with Gasteiger partial charge in [-0.15, -0.1) is 0 Å². The Morgan fingerprint density at radius 2 is 2.11 bits per heavy atom. The molecule has 1 aromatic carbocycles. The molecule has 0 saturated carbocycles.